The summed E-state index contributed by atoms with van der Waals surface area (Å²) in [6, 6.07) is 11.4. The maximum atomic E-state index is 13.9. The van der Waals surface area contributed by atoms with Gasteiger partial charge < -0.3 is 4.90 Å². The Bertz CT molecular complexity index is 751. The summed E-state index contributed by atoms with van der Waals surface area (Å²) in [6.45, 7) is 1.37. The van der Waals surface area contributed by atoms with E-state index in [1.54, 1.807) is 0 Å². The van der Waals surface area contributed by atoms with Crippen LogP contribution in [0.15, 0.2) is 42.5 Å². The molecule has 0 radical (unpaired) electrons. The topological polar surface area (TPSA) is 23.6 Å². The number of hydrogen-bond donors (Lipinski definition) is 0. The summed E-state index contributed by atoms with van der Waals surface area (Å²) in [5.41, 5.74) is 0.605. The zero-order valence-electron chi connectivity index (χ0n) is 13.2. The largest absolute Gasteiger partial charge is 0.335 e. The molecule has 0 aromatic heterocycles. The maximum Gasteiger partial charge on any atom is 0.257 e. The van der Waals surface area contributed by atoms with E-state index in [0.717, 1.165) is 17.7 Å². The third-order valence-electron chi connectivity index (χ3n) is 4.39. The van der Waals surface area contributed by atoms with E-state index in [1.807, 2.05) is 37.4 Å². The van der Waals surface area contributed by atoms with E-state index in [2.05, 4.69) is 4.90 Å². The smallest absolute Gasteiger partial charge is 0.257 e. The van der Waals surface area contributed by atoms with Gasteiger partial charge in [-0.2, -0.15) is 0 Å². The van der Waals surface area contributed by atoms with Crippen LogP contribution < -0.4 is 0 Å². The number of halogens is 3. The predicted molar refractivity (Wildman–Crippen MR) is 84.0 cm³/mol. The standard InChI is InChI=1S/C18H17F3N2O/c1-22-9-10-23(11-15(22)12-5-3-2-4-6-12)18(24)13-7-8-14(19)17(21)16(13)20/h2-8,15H,9-11H2,1H3. The van der Waals surface area contributed by atoms with Crippen LogP contribution >= 0.6 is 0 Å². The molecule has 126 valence electrons. The van der Waals surface area contributed by atoms with Gasteiger partial charge in [0.2, 0.25) is 0 Å². The van der Waals surface area contributed by atoms with Crippen LogP contribution in [-0.2, 0) is 0 Å². The van der Waals surface area contributed by atoms with E-state index < -0.39 is 28.9 Å². The van der Waals surface area contributed by atoms with Crippen LogP contribution in [0.25, 0.3) is 0 Å². The molecule has 1 fully saturated rings. The van der Waals surface area contributed by atoms with Crippen LogP contribution in [0, 0.1) is 17.5 Å². The highest BCUT2D eigenvalue weighted by molar-refractivity contribution is 5.94. The third kappa shape index (κ3) is 3.01. The summed E-state index contributed by atoms with van der Waals surface area (Å²) in [6.07, 6.45) is 0. The highest BCUT2D eigenvalue weighted by Crippen LogP contribution is 2.25. The van der Waals surface area contributed by atoms with Crippen molar-refractivity contribution in [2.75, 3.05) is 26.7 Å². The first kappa shape index (κ1) is 16.5. The number of nitrogens with zero attached hydrogens (tertiary/aromatic N) is 2. The first-order valence-electron chi connectivity index (χ1n) is 7.67. The molecule has 3 rings (SSSR count). The summed E-state index contributed by atoms with van der Waals surface area (Å²) < 4.78 is 40.3. The number of hydrogen-bond acceptors (Lipinski definition) is 2. The van der Waals surface area contributed by atoms with Gasteiger partial charge in [-0.1, -0.05) is 30.3 Å². The summed E-state index contributed by atoms with van der Waals surface area (Å²) >= 11 is 0. The molecule has 24 heavy (non-hydrogen) atoms. The molecule has 1 atom stereocenters. The Balaban J connectivity index is 1.85. The lowest BCUT2D eigenvalue weighted by atomic mass is 10.0. The van der Waals surface area contributed by atoms with E-state index in [4.69, 9.17) is 0 Å². The van der Waals surface area contributed by atoms with Crippen molar-refractivity contribution in [1.82, 2.24) is 9.80 Å². The van der Waals surface area contributed by atoms with Gasteiger partial charge in [0.25, 0.3) is 5.91 Å². The second-order valence-corrected chi connectivity index (χ2v) is 5.88. The molecule has 0 saturated carbocycles. The van der Waals surface area contributed by atoms with E-state index >= 15 is 0 Å². The average molecular weight is 334 g/mol. The summed E-state index contributed by atoms with van der Waals surface area (Å²) in [5, 5.41) is 0. The van der Waals surface area contributed by atoms with Crippen LogP contribution in [0.1, 0.15) is 22.0 Å². The Morgan fingerprint density at radius 3 is 2.42 bits per heavy atom. The van der Waals surface area contributed by atoms with Gasteiger partial charge in [-0.05, 0) is 24.7 Å². The Morgan fingerprint density at radius 1 is 1.00 bits per heavy atom. The van der Waals surface area contributed by atoms with E-state index in [0.29, 0.717) is 19.6 Å². The van der Waals surface area contributed by atoms with E-state index in [9.17, 15) is 18.0 Å². The second kappa shape index (κ2) is 6.65. The zero-order valence-corrected chi connectivity index (χ0v) is 13.2. The Hall–Kier alpha value is -2.34. The highest BCUT2D eigenvalue weighted by atomic mass is 19.2. The molecule has 1 heterocycles. The van der Waals surface area contributed by atoms with Gasteiger partial charge in [0.1, 0.15) is 0 Å². The predicted octanol–water partition coefficient (Wildman–Crippen LogP) is 3.23. The van der Waals surface area contributed by atoms with Crippen LogP contribution in [0.2, 0.25) is 0 Å². The lowest BCUT2D eigenvalue weighted by molar-refractivity contribution is 0.0540. The summed E-state index contributed by atoms with van der Waals surface area (Å²) in [4.78, 5) is 16.1. The lowest BCUT2D eigenvalue weighted by Crippen LogP contribution is -2.49. The fourth-order valence-electron chi connectivity index (χ4n) is 2.95. The van der Waals surface area contributed by atoms with Gasteiger partial charge >= 0.3 is 0 Å². The molecule has 3 nitrogen and oxygen atoms in total. The molecule has 2 aromatic rings. The first-order chi connectivity index (χ1) is 11.5. The van der Waals surface area contributed by atoms with Crippen molar-refractivity contribution in [2.45, 2.75) is 6.04 Å². The highest BCUT2D eigenvalue weighted by Gasteiger charge is 2.30. The molecule has 1 saturated heterocycles. The van der Waals surface area contributed by atoms with Gasteiger partial charge in [0.05, 0.1) is 11.6 Å². The van der Waals surface area contributed by atoms with Gasteiger partial charge in [-0.15, -0.1) is 0 Å². The minimum atomic E-state index is -1.62. The van der Waals surface area contributed by atoms with Crippen molar-refractivity contribution in [3.8, 4) is 0 Å². The molecular weight excluding hydrogens is 317 g/mol. The molecule has 1 unspecified atom stereocenters. The lowest BCUT2D eigenvalue weighted by Gasteiger charge is -2.39. The van der Waals surface area contributed by atoms with Crippen molar-refractivity contribution in [3.05, 3.63) is 71.0 Å². The molecule has 1 aliphatic heterocycles. The van der Waals surface area contributed by atoms with Crippen molar-refractivity contribution < 1.29 is 18.0 Å². The molecule has 2 aromatic carbocycles. The van der Waals surface area contributed by atoms with E-state index in [-0.39, 0.29) is 6.04 Å². The number of carbonyl (C=O) groups is 1. The Morgan fingerprint density at radius 2 is 1.71 bits per heavy atom. The van der Waals surface area contributed by atoms with Gasteiger partial charge in [0.15, 0.2) is 17.5 Å². The van der Waals surface area contributed by atoms with Gasteiger partial charge in [-0.3, -0.25) is 9.69 Å². The molecule has 0 aliphatic carbocycles. The number of benzene rings is 2. The van der Waals surface area contributed by atoms with Crippen LogP contribution in [-0.4, -0.2) is 42.4 Å². The Kier molecular flexibility index (Phi) is 4.57. The molecule has 6 heteroatoms. The fourth-order valence-corrected chi connectivity index (χ4v) is 2.95. The molecule has 1 amide bonds. The average Bonchev–Trinajstić information content (AvgIpc) is 2.60. The van der Waals surface area contributed by atoms with Crippen molar-refractivity contribution in [1.29, 1.82) is 0 Å². The third-order valence-corrected chi connectivity index (χ3v) is 4.39. The number of carbonyl (C=O) groups excluding carboxylic acids is 1. The molecule has 0 spiro atoms. The van der Waals surface area contributed by atoms with Crippen molar-refractivity contribution >= 4 is 5.91 Å². The summed E-state index contributed by atoms with van der Waals surface area (Å²) in [7, 11) is 1.96. The molecule has 1 aliphatic rings. The zero-order chi connectivity index (χ0) is 17.3. The number of likely N-dealkylation sites (N-methyl/N-ethyl adjacent to an activating group) is 1. The molecular formula is C18H17F3N2O. The Labute approximate surface area is 138 Å². The molecule has 0 N–H and O–H groups in total. The van der Waals surface area contributed by atoms with Crippen molar-refractivity contribution in [2.24, 2.45) is 0 Å². The van der Waals surface area contributed by atoms with Gasteiger partial charge in [0, 0.05) is 19.6 Å². The normalized spacial score (nSPS) is 18.7. The number of amides is 1. The minimum absolute atomic E-state index is 0.0303. The number of rotatable bonds is 2. The van der Waals surface area contributed by atoms with Crippen molar-refractivity contribution in [3.63, 3.8) is 0 Å². The monoisotopic (exact) mass is 334 g/mol. The second-order valence-electron chi connectivity index (χ2n) is 5.88. The van der Waals surface area contributed by atoms with E-state index in [1.165, 1.54) is 4.90 Å². The van der Waals surface area contributed by atoms with Crippen LogP contribution in [0.3, 0.4) is 0 Å². The maximum absolute atomic E-state index is 13.9. The van der Waals surface area contributed by atoms with Crippen LogP contribution in [0.5, 0.6) is 0 Å². The fraction of sp³-hybridized carbons (Fsp3) is 0.278. The summed E-state index contributed by atoms with van der Waals surface area (Å²) in [5.74, 6) is -4.98. The van der Waals surface area contributed by atoms with Crippen LogP contribution in [0.4, 0.5) is 13.2 Å². The van der Waals surface area contributed by atoms with Gasteiger partial charge in [-0.25, -0.2) is 13.2 Å². The first-order valence-corrected chi connectivity index (χ1v) is 7.67. The quantitative estimate of drug-likeness (QED) is 0.787. The molecule has 0 bridgehead atoms. The number of piperazine rings is 1. The minimum Gasteiger partial charge on any atom is -0.335 e. The SMILES string of the molecule is CN1CCN(C(=O)c2ccc(F)c(F)c2F)CC1c1ccccc1.